The van der Waals surface area contributed by atoms with Crippen molar-refractivity contribution in [2.24, 2.45) is 0 Å². The van der Waals surface area contributed by atoms with E-state index >= 15 is 0 Å². The van der Waals surface area contributed by atoms with Gasteiger partial charge in [-0.05, 0) is 37.8 Å². The van der Waals surface area contributed by atoms with Gasteiger partial charge in [-0.15, -0.1) is 0 Å². The second-order valence-electron chi connectivity index (χ2n) is 6.06. The largest absolute Gasteiger partial charge is 0.388 e. The summed E-state index contributed by atoms with van der Waals surface area (Å²) in [5.74, 6) is -0.136. The quantitative estimate of drug-likeness (QED) is 0.780. The van der Waals surface area contributed by atoms with Crippen LogP contribution in [-0.4, -0.2) is 27.3 Å². The zero-order valence-corrected chi connectivity index (χ0v) is 14.7. The number of rotatable bonds is 8. The molecule has 1 heterocycles. The van der Waals surface area contributed by atoms with Gasteiger partial charge in [0.1, 0.15) is 5.69 Å². The third kappa shape index (κ3) is 4.45. The number of nitrogens with one attached hydrogen (secondary N) is 1. The molecule has 2 N–H and O–H groups in total. The van der Waals surface area contributed by atoms with Gasteiger partial charge in [0.2, 0.25) is 0 Å². The van der Waals surface area contributed by atoms with Crippen LogP contribution in [0, 0.1) is 6.92 Å². The van der Waals surface area contributed by atoms with Crippen LogP contribution in [0.3, 0.4) is 0 Å². The molecule has 0 saturated carbocycles. The second-order valence-corrected chi connectivity index (χ2v) is 6.06. The van der Waals surface area contributed by atoms with E-state index < -0.39 is 6.10 Å². The van der Waals surface area contributed by atoms with E-state index in [0.29, 0.717) is 18.7 Å². The molecule has 1 aromatic heterocycles. The Hall–Kier alpha value is -2.14. The number of hydrogen-bond donors (Lipinski definition) is 2. The highest BCUT2D eigenvalue weighted by molar-refractivity contribution is 5.92. The number of hydrogen-bond acceptors (Lipinski definition) is 3. The molecule has 0 fully saturated rings. The molecular formula is C19H27N3O2. The highest BCUT2D eigenvalue weighted by Gasteiger charge is 2.18. The number of aryl methyl sites for hydroxylation is 1. The van der Waals surface area contributed by atoms with E-state index in [9.17, 15) is 9.90 Å². The molecule has 0 aliphatic carbocycles. The predicted octanol–water partition coefficient (Wildman–Crippen LogP) is 3.41. The van der Waals surface area contributed by atoms with Crippen molar-refractivity contribution < 1.29 is 9.90 Å². The SMILES string of the molecule is CCC(CC)n1nc(C)cc1C(=O)NCCC(O)c1ccccc1. The highest BCUT2D eigenvalue weighted by Crippen LogP contribution is 2.19. The number of carbonyl (C=O) groups excluding carboxylic acids is 1. The molecule has 24 heavy (non-hydrogen) atoms. The van der Waals surface area contributed by atoms with Crippen molar-refractivity contribution in [3.05, 3.63) is 53.3 Å². The van der Waals surface area contributed by atoms with Crippen molar-refractivity contribution >= 4 is 5.91 Å². The van der Waals surface area contributed by atoms with Gasteiger partial charge < -0.3 is 10.4 Å². The van der Waals surface area contributed by atoms with Crippen LogP contribution in [-0.2, 0) is 0 Å². The highest BCUT2D eigenvalue weighted by atomic mass is 16.3. The molecule has 1 aromatic carbocycles. The molecule has 130 valence electrons. The zero-order chi connectivity index (χ0) is 17.5. The van der Waals surface area contributed by atoms with Gasteiger partial charge in [0.15, 0.2) is 0 Å². The maximum absolute atomic E-state index is 12.5. The molecule has 5 nitrogen and oxygen atoms in total. The summed E-state index contributed by atoms with van der Waals surface area (Å²) < 4.78 is 1.83. The summed E-state index contributed by atoms with van der Waals surface area (Å²) in [5, 5.41) is 17.5. The monoisotopic (exact) mass is 329 g/mol. The van der Waals surface area contributed by atoms with Gasteiger partial charge in [-0.25, -0.2) is 0 Å². The molecule has 2 rings (SSSR count). The number of benzene rings is 1. The Bertz CT molecular complexity index is 648. The molecular weight excluding hydrogens is 302 g/mol. The Morgan fingerprint density at radius 1 is 1.25 bits per heavy atom. The fraction of sp³-hybridized carbons (Fsp3) is 0.474. The van der Waals surface area contributed by atoms with Gasteiger partial charge in [-0.1, -0.05) is 44.2 Å². The van der Waals surface area contributed by atoms with Crippen LogP contribution in [0.4, 0.5) is 0 Å². The van der Waals surface area contributed by atoms with E-state index in [2.05, 4.69) is 24.3 Å². The van der Waals surface area contributed by atoms with Crippen LogP contribution in [0.5, 0.6) is 0 Å². The fourth-order valence-corrected chi connectivity index (χ4v) is 2.85. The molecule has 0 aliphatic rings. The molecule has 0 saturated heterocycles. The average molecular weight is 329 g/mol. The lowest BCUT2D eigenvalue weighted by Gasteiger charge is -2.17. The standard InChI is InChI=1S/C19H27N3O2/c1-4-16(5-2)22-17(13-14(3)21-22)19(24)20-12-11-18(23)15-9-7-6-8-10-15/h6-10,13,16,18,23H,4-5,11-12H2,1-3H3,(H,20,24). The first-order valence-electron chi connectivity index (χ1n) is 8.64. The van der Waals surface area contributed by atoms with Gasteiger partial charge in [-0.3, -0.25) is 9.48 Å². The van der Waals surface area contributed by atoms with E-state index in [1.165, 1.54) is 0 Å². The maximum Gasteiger partial charge on any atom is 0.269 e. The van der Waals surface area contributed by atoms with Crippen LogP contribution in [0.25, 0.3) is 0 Å². The molecule has 0 aliphatic heterocycles. The van der Waals surface area contributed by atoms with E-state index in [1.54, 1.807) is 0 Å². The Balaban J connectivity index is 1.96. The summed E-state index contributed by atoms with van der Waals surface area (Å²) in [5.41, 5.74) is 2.30. The number of nitrogens with zero attached hydrogens (tertiary/aromatic N) is 2. The molecule has 0 bridgehead atoms. The lowest BCUT2D eigenvalue weighted by atomic mass is 10.1. The number of amides is 1. The molecule has 0 spiro atoms. The summed E-state index contributed by atoms with van der Waals surface area (Å²) in [7, 11) is 0. The van der Waals surface area contributed by atoms with Gasteiger partial charge in [0, 0.05) is 6.54 Å². The van der Waals surface area contributed by atoms with Crippen LogP contribution >= 0.6 is 0 Å². The van der Waals surface area contributed by atoms with Crippen LogP contribution in [0.15, 0.2) is 36.4 Å². The number of aliphatic hydroxyl groups is 1. The van der Waals surface area contributed by atoms with E-state index in [1.807, 2.05) is 48.0 Å². The number of aliphatic hydroxyl groups excluding tert-OH is 1. The number of carbonyl (C=O) groups is 1. The lowest BCUT2D eigenvalue weighted by molar-refractivity contribution is 0.0928. The first-order valence-corrected chi connectivity index (χ1v) is 8.64. The summed E-state index contributed by atoms with van der Waals surface area (Å²) in [6, 6.07) is 11.5. The molecule has 2 aromatic rings. The Labute approximate surface area is 143 Å². The van der Waals surface area contributed by atoms with Crippen molar-refractivity contribution in [3.63, 3.8) is 0 Å². The summed E-state index contributed by atoms with van der Waals surface area (Å²) >= 11 is 0. The topological polar surface area (TPSA) is 67.2 Å². The van der Waals surface area contributed by atoms with Crippen molar-refractivity contribution in [3.8, 4) is 0 Å². The molecule has 5 heteroatoms. The minimum atomic E-state index is -0.572. The van der Waals surface area contributed by atoms with E-state index in [4.69, 9.17) is 0 Å². The smallest absolute Gasteiger partial charge is 0.269 e. The third-order valence-electron chi connectivity index (χ3n) is 4.27. The molecule has 0 radical (unpaired) electrons. The Morgan fingerprint density at radius 2 is 1.92 bits per heavy atom. The second kappa shape index (κ2) is 8.64. The van der Waals surface area contributed by atoms with Crippen LogP contribution < -0.4 is 5.32 Å². The van der Waals surface area contributed by atoms with Gasteiger partial charge in [0.05, 0.1) is 17.8 Å². The van der Waals surface area contributed by atoms with Gasteiger partial charge in [0.25, 0.3) is 5.91 Å². The van der Waals surface area contributed by atoms with E-state index in [0.717, 1.165) is 24.1 Å². The minimum Gasteiger partial charge on any atom is -0.388 e. The summed E-state index contributed by atoms with van der Waals surface area (Å²) in [6.07, 6.45) is 1.78. The first-order chi connectivity index (χ1) is 11.6. The van der Waals surface area contributed by atoms with Crippen molar-refractivity contribution in [2.75, 3.05) is 6.54 Å². The van der Waals surface area contributed by atoms with Gasteiger partial charge in [-0.2, -0.15) is 5.10 Å². The van der Waals surface area contributed by atoms with Crippen LogP contribution in [0.1, 0.15) is 67.0 Å². The number of aromatic nitrogens is 2. The predicted molar refractivity (Wildman–Crippen MR) is 94.9 cm³/mol. The summed E-state index contributed by atoms with van der Waals surface area (Å²) in [6.45, 7) is 6.52. The minimum absolute atomic E-state index is 0.136. The van der Waals surface area contributed by atoms with Crippen molar-refractivity contribution in [2.45, 2.75) is 52.2 Å². The fourth-order valence-electron chi connectivity index (χ4n) is 2.85. The average Bonchev–Trinajstić information content (AvgIpc) is 2.98. The lowest BCUT2D eigenvalue weighted by Crippen LogP contribution is -2.29. The van der Waals surface area contributed by atoms with Crippen molar-refractivity contribution in [1.82, 2.24) is 15.1 Å². The molecule has 1 amide bonds. The third-order valence-corrected chi connectivity index (χ3v) is 4.27. The molecule has 1 atom stereocenters. The maximum atomic E-state index is 12.5. The van der Waals surface area contributed by atoms with E-state index in [-0.39, 0.29) is 11.9 Å². The zero-order valence-electron chi connectivity index (χ0n) is 14.7. The summed E-state index contributed by atoms with van der Waals surface area (Å²) in [4.78, 5) is 12.5. The normalized spacial score (nSPS) is 12.4. The first kappa shape index (κ1) is 18.2. The van der Waals surface area contributed by atoms with Gasteiger partial charge >= 0.3 is 0 Å². The molecule has 1 unspecified atom stereocenters. The van der Waals surface area contributed by atoms with Crippen LogP contribution in [0.2, 0.25) is 0 Å². The Morgan fingerprint density at radius 3 is 2.54 bits per heavy atom. The van der Waals surface area contributed by atoms with Crippen molar-refractivity contribution in [1.29, 1.82) is 0 Å². The Kier molecular flexibility index (Phi) is 6.55.